The lowest BCUT2D eigenvalue weighted by atomic mass is 9.95. The van der Waals surface area contributed by atoms with Crippen molar-refractivity contribution in [3.63, 3.8) is 0 Å². The molecule has 1 aliphatic heterocycles. The topological polar surface area (TPSA) is 61.8 Å². The Balaban J connectivity index is 1.67. The number of hydrogen-bond acceptors (Lipinski definition) is 4. The maximum Gasteiger partial charge on any atom is 0.323 e. The van der Waals surface area contributed by atoms with Crippen molar-refractivity contribution in [3.8, 4) is 0 Å². The first-order valence-electron chi connectivity index (χ1n) is 8.27. The average Bonchev–Trinajstić information content (AvgIpc) is 3.23. The van der Waals surface area contributed by atoms with Gasteiger partial charge in [0.1, 0.15) is 5.54 Å². The summed E-state index contributed by atoms with van der Waals surface area (Å²) in [4.78, 5) is 13.8. The van der Waals surface area contributed by atoms with Crippen LogP contribution in [0.25, 0.3) is 0 Å². The van der Waals surface area contributed by atoms with Crippen LogP contribution in [0.1, 0.15) is 45.4 Å². The molecule has 1 unspecified atom stereocenters. The number of carboxylic acids is 1. The van der Waals surface area contributed by atoms with E-state index in [1.165, 1.54) is 0 Å². The quantitative estimate of drug-likeness (QED) is 0.679. The van der Waals surface area contributed by atoms with Gasteiger partial charge in [-0.2, -0.15) is 0 Å². The highest BCUT2D eigenvalue weighted by Gasteiger charge is 2.37. The third kappa shape index (κ3) is 5.57. The maximum absolute atomic E-state index is 11.5. The molecule has 1 saturated carbocycles. The zero-order valence-corrected chi connectivity index (χ0v) is 13.4. The predicted octanol–water partition coefficient (Wildman–Crippen LogP) is 1.72. The number of nitrogens with one attached hydrogen (secondary N) is 1. The van der Waals surface area contributed by atoms with Crippen LogP contribution in [0.4, 0.5) is 0 Å². The second-order valence-electron chi connectivity index (χ2n) is 6.98. The summed E-state index contributed by atoms with van der Waals surface area (Å²) in [6.07, 6.45) is 6.15. The van der Waals surface area contributed by atoms with Gasteiger partial charge in [0.2, 0.25) is 0 Å². The Labute approximate surface area is 128 Å². The van der Waals surface area contributed by atoms with Gasteiger partial charge in [0.25, 0.3) is 0 Å². The Morgan fingerprint density at radius 2 is 2.00 bits per heavy atom. The van der Waals surface area contributed by atoms with Crippen LogP contribution < -0.4 is 5.32 Å². The predicted molar refractivity (Wildman–Crippen MR) is 82.5 cm³/mol. The van der Waals surface area contributed by atoms with E-state index in [0.29, 0.717) is 12.5 Å². The SMILES string of the molecule is CN(CCCC(C)(NC1CC1)C(=O)O)CC1CCOCC1. The second-order valence-corrected chi connectivity index (χ2v) is 6.98. The van der Waals surface area contributed by atoms with Crippen LogP contribution in [0.2, 0.25) is 0 Å². The number of hydrogen-bond donors (Lipinski definition) is 2. The molecule has 0 aromatic rings. The highest BCUT2D eigenvalue weighted by atomic mass is 16.5. The van der Waals surface area contributed by atoms with Gasteiger partial charge in [-0.15, -0.1) is 0 Å². The molecule has 2 rings (SSSR count). The van der Waals surface area contributed by atoms with E-state index in [9.17, 15) is 9.90 Å². The van der Waals surface area contributed by atoms with E-state index in [1.807, 2.05) is 6.92 Å². The molecule has 5 nitrogen and oxygen atoms in total. The number of nitrogens with zero attached hydrogens (tertiary/aromatic N) is 1. The lowest BCUT2D eigenvalue weighted by Gasteiger charge is -2.29. The van der Waals surface area contributed by atoms with E-state index in [1.54, 1.807) is 0 Å². The lowest BCUT2D eigenvalue weighted by molar-refractivity contribution is -0.144. The van der Waals surface area contributed by atoms with Gasteiger partial charge >= 0.3 is 5.97 Å². The summed E-state index contributed by atoms with van der Waals surface area (Å²) in [5, 5.41) is 12.7. The van der Waals surface area contributed by atoms with Crippen LogP contribution in [0, 0.1) is 5.92 Å². The molecule has 0 bridgehead atoms. The Kier molecular flexibility index (Phi) is 6.02. The summed E-state index contributed by atoms with van der Waals surface area (Å²) in [5.41, 5.74) is -0.763. The summed E-state index contributed by atoms with van der Waals surface area (Å²) in [5.74, 6) is 0.0145. The molecule has 1 atom stereocenters. The van der Waals surface area contributed by atoms with Crippen molar-refractivity contribution < 1.29 is 14.6 Å². The fourth-order valence-corrected chi connectivity index (χ4v) is 3.08. The third-order valence-corrected chi connectivity index (χ3v) is 4.70. The molecule has 1 saturated heterocycles. The molecule has 0 radical (unpaired) electrons. The molecule has 0 amide bonds. The van der Waals surface area contributed by atoms with Crippen LogP contribution >= 0.6 is 0 Å². The summed E-state index contributed by atoms with van der Waals surface area (Å²) in [6, 6.07) is 0.422. The van der Waals surface area contributed by atoms with E-state index in [4.69, 9.17) is 4.74 Å². The Morgan fingerprint density at radius 1 is 1.33 bits per heavy atom. The molecule has 0 aromatic carbocycles. The number of rotatable bonds is 9. The molecule has 0 spiro atoms. The van der Waals surface area contributed by atoms with Crippen molar-refractivity contribution in [2.24, 2.45) is 5.92 Å². The minimum absolute atomic E-state index is 0.422. The molecule has 1 heterocycles. The third-order valence-electron chi connectivity index (χ3n) is 4.70. The van der Waals surface area contributed by atoms with Crippen LogP contribution in [-0.2, 0) is 9.53 Å². The largest absolute Gasteiger partial charge is 0.480 e. The van der Waals surface area contributed by atoms with Crippen molar-refractivity contribution >= 4 is 5.97 Å². The molecular formula is C16H30N2O3. The Hall–Kier alpha value is -0.650. The molecule has 5 heteroatoms. The van der Waals surface area contributed by atoms with E-state index < -0.39 is 11.5 Å². The van der Waals surface area contributed by atoms with Gasteiger partial charge in [-0.1, -0.05) is 0 Å². The smallest absolute Gasteiger partial charge is 0.323 e. The minimum atomic E-state index is -0.763. The fraction of sp³-hybridized carbons (Fsp3) is 0.938. The van der Waals surface area contributed by atoms with Gasteiger partial charge in [0.05, 0.1) is 0 Å². The molecule has 2 aliphatic rings. The molecule has 21 heavy (non-hydrogen) atoms. The van der Waals surface area contributed by atoms with Gasteiger partial charge < -0.3 is 14.7 Å². The van der Waals surface area contributed by atoms with Crippen molar-refractivity contribution in [2.75, 3.05) is 33.4 Å². The van der Waals surface area contributed by atoms with Crippen LogP contribution in [0.3, 0.4) is 0 Å². The van der Waals surface area contributed by atoms with Gasteiger partial charge in [0, 0.05) is 25.8 Å². The first-order valence-corrected chi connectivity index (χ1v) is 8.27. The number of aliphatic carboxylic acids is 1. The van der Waals surface area contributed by atoms with Gasteiger partial charge in [-0.3, -0.25) is 10.1 Å². The monoisotopic (exact) mass is 298 g/mol. The molecule has 0 aromatic heterocycles. The maximum atomic E-state index is 11.5. The molecule has 2 fully saturated rings. The second kappa shape index (κ2) is 7.56. The molecule has 122 valence electrons. The summed E-state index contributed by atoms with van der Waals surface area (Å²) in [6.45, 7) is 5.67. The van der Waals surface area contributed by atoms with E-state index in [0.717, 1.165) is 64.3 Å². The summed E-state index contributed by atoms with van der Waals surface area (Å²) < 4.78 is 5.38. The van der Waals surface area contributed by atoms with E-state index in [2.05, 4.69) is 17.3 Å². The van der Waals surface area contributed by atoms with Crippen molar-refractivity contribution in [3.05, 3.63) is 0 Å². The van der Waals surface area contributed by atoms with E-state index in [-0.39, 0.29) is 0 Å². The Morgan fingerprint density at radius 3 is 2.57 bits per heavy atom. The standard InChI is InChI=1S/C16H30N2O3/c1-16(15(19)20,17-14-4-5-14)8-3-9-18(2)12-13-6-10-21-11-7-13/h13-14,17H,3-12H2,1-2H3,(H,19,20). The number of carbonyl (C=O) groups is 1. The molecular weight excluding hydrogens is 268 g/mol. The number of carboxylic acid groups (broad SMARTS) is 1. The summed E-state index contributed by atoms with van der Waals surface area (Å²) in [7, 11) is 2.14. The normalized spacial score (nSPS) is 23.2. The average molecular weight is 298 g/mol. The number of ether oxygens (including phenoxy) is 1. The van der Waals surface area contributed by atoms with Gasteiger partial charge in [-0.05, 0) is 65.0 Å². The first kappa shape index (κ1) is 16.7. The lowest BCUT2D eigenvalue weighted by Crippen LogP contribution is -2.50. The van der Waals surface area contributed by atoms with E-state index >= 15 is 0 Å². The molecule has 1 aliphatic carbocycles. The van der Waals surface area contributed by atoms with Crippen molar-refractivity contribution in [2.45, 2.75) is 57.0 Å². The van der Waals surface area contributed by atoms with Gasteiger partial charge in [0.15, 0.2) is 0 Å². The first-order chi connectivity index (χ1) is 9.99. The van der Waals surface area contributed by atoms with Crippen LogP contribution in [-0.4, -0.2) is 60.9 Å². The summed E-state index contributed by atoms with van der Waals surface area (Å²) >= 11 is 0. The van der Waals surface area contributed by atoms with Crippen molar-refractivity contribution in [1.82, 2.24) is 10.2 Å². The van der Waals surface area contributed by atoms with Gasteiger partial charge in [-0.25, -0.2) is 0 Å². The van der Waals surface area contributed by atoms with Crippen LogP contribution in [0.5, 0.6) is 0 Å². The zero-order valence-electron chi connectivity index (χ0n) is 13.4. The highest BCUT2D eigenvalue weighted by molar-refractivity contribution is 5.78. The fourth-order valence-electron chi connectivity index (χ4n) is 3.08. The van der Waals surface area contributed by atoms with Crippen molar-refractivity contribution in [1.29, 1.82) is 0 Å². The minimum Gasteiger partial charge on any atom is -0.480 e. The highest BCUT2D eigenvalue weighted by Crippen LogP contribution is 2.25. The molecule has 2 N–H and O–H groups in total. The Bertz CT molecular complexity index is 340. The zero-order chi connectivity index (χ0) is 15.3. The van der Waals surface area contributed by atoms with Crippen LogP contribution in [0.15, 0.2) is 0 Å².